The van der Waals surface area contributed by atoms with Crippen LogP contribution in [0.1, 0.15) is 10.4 Å². The van der Waals surface area contributed by atoms with Crippen LogP contribution in [-0.2, 0) is 0 Å². The van der Waals surface area contributed by atoms with E-state index in [1.54, 1.807) is 23.1 Å². The molecule has 0 aliphatic carbocycles. The first-order valence-electron chi connectivity index (χ1n) is 6.54. The van der Waals surface area contributed by atoms with Gasteiger partial charge in [0.2, 0.25) is 0 Å². The van der Waals surface area contributed by atoms with Crippen LogP contribution >= 0.6 is 0 Å². The van der Waals surface area contributed by atoms with Gasteiger partial charge in [0.05, 0.1) is 17.3 Å². The molecule has 0 radical (unpaired) electrons. The first-order valence-corrected chi connectivity index (χ1v) is 6.54. The highest BCUT2D eigenvalue weighted by molar-refractivity contribution is 6.05. The van der Waals surface area contributed by atoms with Crippen molar-refractivity contribution in [3.05, 3.63) is 54.2 Å². The second-order valence-electron chi connectivity index (χ2n) is 4.89. The Bertz CT molecular complexity index is 1020. The maximum Gasteiger partial charge on any atom is 0.251 e. The Hall–Kier alpha value is -3.22. The molecule has 1 aromatic carbocycles. The summed E-state index contributed by atoms with van der Waals surface area (Å²) in [4.78, 5) is 18.7. The van der Waals surface area contributed by atoms with Gasteiger partial charge in [0.25, 0.3) is 5.91 Å². The van der Waals surface area contributed by atoms with E-state index in [1.165, 1.54) is 6.07 Å². The first kappa shape index (κ1) is 12.5. The number of carbonyl (C=O) groups is 1. The van der Waals surface area contributed by atoms with Crippen LogP contribution in [-0.4, -0.2) is 25.5 Å². The van der Waals surface area contributed by atoms with Crippen LogP contribution in [0, 0.1) is 5.82 Å². The standard InChI is InChI=1S/C15H10FN5O/c16-9-5-10(14(17)22)13-12(6-9)20-15-11(7-19-21(13)15)8-1-3-18-4-2-8/h1-7,20H,(H2,17,22). The molecule has 3 aromatic heterocycles. The molecule has 0 bridgehead atoms. The van der Waals surface area contributed by atoms with E-state index in [2.05, 4.69) is 15.1 Å². The zero-order chi connectivity index (χ0) is 15.3. The van der Waals surface area contributed by atoms with Crippen LogP contribution in [0.15, 0.2) is 42.9 Å². The van der Waals surface area contributed by atoms with Gasteiger partial charge in [-0.3, -0.25) is 9.78 Å². The number of primary amides is 1. The summed E-state index contributed by atoms with van der Waals surface area (Å²) in [5.74, 6) is -1.23. The van der Waals surface area contributed by atoms with Crippen molar-refractivity contribution >= 4 is 22.6 Å². The van der Waals surface area contributed by atoms with E-state index in [0.29, 0.717) is 16.7 Å². The van der Waals surface area contributed by atoms with Crippen LogP contribution < -0.4 is 5.73 Å². The molecule has 22 heavy (non-hydrogen) atoms. The van der Waals surface area contributed by atoms with Gasteiger partial charge in [-0.25, -0.2) is 8.91 Å². The second-order valence-corrected chi connectivity index (χ2v) is 4.89. The summed E-state index contributed by atoms with van der Waals surface area (Å²) in [6, 6.07) is 6.12. The van der Waals surface area contributed by atoms with Crippen LogP contribution in [0.5, 0.6) is 0 Å². The zero-order valence-corrected chi connectivity index (χ0v) is 11.2. The highest BCUT2D eigenvalue weighted by Gasteiger charge is 2.18. The number of fused-ring (bicyclic) bond motifs is 3. The van der Waals surface area contributed by atoms with Crippen LogP contribution in [0.25, 0.3) is 27.8 Å². The SMILES string of the molecule is NC(=O)c1cc(F)cc2[nH]c3c(-c4ccncc4)cnn3c12. The minimum atomic E-state index is -0.702. The fourth-order valence-corrected chi connectivity index (χ4v) is 2.62. The average molecular weight is 295 g/mol. The molecule has 0 atom stereocenters. The number of aromatic nitrogens is 4. The van der Waals surface area contributed by atoms with E-state index in [1.807, 2.05) is 12.1 Å². The number of pyridine rings is 1. The van der Waals surface area contributed by atoms with Gasteiger partial charge < -0.3 is 10.7 Å². The summed E-state index contributed by atoms with van der Waals surface area (Å²) in [6.07, 6.45) is 5.03. The number of nitrogens with zero attached hydrogens (tertiary/aromatic N) is 3. The normalized spacial score (nSPS) is 11.3. The molecule has 0 unspecified atom stereocenters. The maximum absolute atomic E-state index is 13.6. The van der Waals surface area contributed by atoms with Crippen molar-refractivity contribution in [2.45, 2.75) is 0 Å². The van der Waals surface area contributed by atoms with Crippen molar-refractivity contribution in [1.29, 1.82) is 0 Å². The number of rotatable bonds is 2. The number of benzene rings is 1. The third kappa shape index (κ3) is 1.69. The molecule has 108 valence electrons. The van der Waals surface area contributed by atoms with E-state index >= 15 is 0 Å². The number of aromatic amines is 1. The zero-order valence-electron chi connectivity index (χ0n) is 11.2. The lowest BCUT2D eigenvalue weighted by Crippen LogP contribution is -2.12. The number of amides is 1. The molecule has 4 aromatic rings. The first-order chi connectivity index (χ1) is 10.6. The molecule has 3 N–H and O–H groups in total. The molecule has 0 spiro atoms. The monoisotopic (exact) mass is 295 g/mol. The minimum absolute atomic E-state index is 0.0885. The van der Waals surface area contributed by atoms with Gasteiger partial charge >= 0.3 is 0 Å². The van der Waals surface area contributed by atoms with Crippen molar-refractivity contribution in [2.24, 2.45) is 5.73 Å². The van der Waals surface area contributed by atoms with E-state index < -0.39 is 11.7 Å². The quantitative estimate of drug-likeness (QED) is 0.593. The van der Waals surface area contributed by atoms with Gasteiger partial charge in [-0.2, -0.15) is 5.10 Å². The predicted octanol–water partition coefficient (Wildman–Crippen LogP) is 2.12. The molecule has 6 nitrogen and oxygen atoms in total. The van der Waals surface area contributed by atoms with Gasteiger partial charge in [-0.15, -0.1) is 0 Å². The largest absolute Gasteiger partial charge is 0.366 e. The van der Waals surface area contributed by atoms with Gasteiger partial charge in [-0.05, 0) is 29.8 Å². The lowest BCUT2D eigenvalue weighted by Gasteiger charge is -1.99. The Morgan fingerprint density at radius 3 is 2.77 bits per heavy atom. The van der Waals surface area contributed by atoms with E-state index in [9.17, 15) is 9.18 Å². The number of nitrogens with two attached hydrogens (primary N) is 1. The predicted molar refractivity (Wildman–Crippen MR) is 78.8 cm³/mol. The molecule has 0 saturated heterocycles. The molecule has 7 heteroatoms. The number of hydrogen-bond acceptors (Lipinski definition) is 3. The second kappa shape index (κ2) is 4.39. The molecular formula is C15H10FN5O. The number of H-pyrrole nitrogens is 1. The smallest absolute Gasteiger partial charge is 0.251 e. The molecule has 3 heterocycles. The number of imidazole rings is 1. The minimum Gasteiger partial charge on any atom is -0.366 e. The molecule has 4 rings (SSSR count). The third-order valence-electron chi connectivity index (χ3n) is 3.57. The van der Waals surface area contributed by atoms with Gasteiger partial charge in [0.1, 0.15) is 17.0 Å². The molecule has 0 aliphatic rings. The Morgan fingerprint density at radius 1 is 1.27 bits per heavy atom. The van der Waals surface area contributed by atoms with Crippen molar-refractivity contribution in [1.82, 2.24) is 19.6 Å². The maximum atomic E-state index is 13.6. The summed E-state index contributed by atoms with van der Waals surface area (Å²) in [5.41, 5.74) is 8.77. The molecule has 0 saturated carbocycles. The van der Waals surface area contributed by atoms with Gasteiger partial charge in [-0.1, -0.05) is 0 Å². The molecule has 1 amide bonds. The van der Waals surface area contributed by atoms with Gasteiger partial charge in [0.15, 0.2) is 0 Å². The third-order valence-corrected chi connectivity index (χ3v) is 3.57. The van der Waals surface area contributed by atoms with Crippen molar-refractivity contribution in [3.8, 4) is 11.1 Å². The number of nitrogens with one attached hydrogen (secondary N) is 1. The van der Waals surface area contributed by atoms with Crippen LogP contribution in [0.2, 0.25) is 0 Å². The summed E-state index contributed by atoms with van der Waals surface area (Å²) in [7, 11) is 0. The Morgan fingerprint density at radius 2 is 2.05 bits per heavy atom. The highest BCUT2D eigenvalue weighted by atomic mass is 19.1. The summed E-state index contributed by atoms with van der Waals surface area (Å²) in [5, 5.41) is 4.29. The Labute approximate surface area is 123 Å². The Kier molecular flexibility index (Phi) is 2.50. The highest BCUT2D eigenvalue weighted by Crippen LogP contribution is 2.28. The lowest BCUT2D eigenvalue weighted by molar-refractivity contribution is 0.100. The number of halogens is 1. The fourth-order valence-electron chi connectivity index (χ4n) is 2.62. The summed E-state index contributed by atoms with van der Waals surface area (Å²) < 4.78 is 15.2. The molecule has 0 aliphatic heterocycles. The number of hydrogen-bond donors (Lipinski definition) is 2. The van der Waals surface area contributed by atoms with E-state index in [-0.39, 0.29) is 5.56 Å². The van der Waals surface area contributed by atoms with Crippen molar-refractivity contribution < 1.29 is 9.18 Å². The fraction of sp³-hybridized carbons (Fsp3) is 0. The summed E-state index contributed by atoms with van der Waals surface area (Å²) >= 11 is 0. The average Bonchev–Trinajstić information content (AvgIpc) is 3.05. The van der Waals surface area contributed by atoms with E-state index in [0.717, 1.165) is 17.2 Å². The lowest BCUT2D eigenvalue weighted by atomic mass is 10.1. The molecule has 0 fully saturated rings. The number of carbonyl (C=O) groups excluding carboxylic acids is 1. The van der Waals surface area contributed by atoms with Crippen molar-refractivity contribution in [2.75, 3.05) is 0 Å². The van der Waals surface area contributed by atoms with E-state index in [4.69, 9.17) is 5.73 Å². The Balaban J connectivity index is 2.10. The summed E-state index contributed by atoms with van der Waals surface area (Å²) in [6.45, 7) is 0. The van der Waals surface area contributed by atoms with Gasteiger partial charge in [0, 0.05) is 18.0 Å². The van der Waals surface area contributed by atoms with Crippen molar-refractivity contribution in [3.63, 3.8) is 0 Å². The van der Waals surface area contributed by atoms with Crippen LogP contribution in [0.3, 0.4) is 0 Å². The van der Waals surface area contributed by atoms with Crippen LogP contribution in [0.4, 0.5) is 4.39 Å². The molecular weight excluding hydrogens is 285 g/mol. The topological polar surface area (TPSA) is 89.1 Å².